The van der Waals surface area contributed by atoms with Crippen molar-refractivity contribution in [1.82, 2.24) is 10.3 Å². The van der Waals surface area contributed by atoms with Crippen LogP contribution in [-0.2, 0) is 4.79 Å². The molecule has 134 valence electrons. The maximum atomic E-state index is 12.1. The Morgan fingerprint density at radius 3 is 2.84 bits per heavy atom. The number of amides is 1. The van der Waals surface area contributed by atoms with Crippen molar-refractivity contribution < 1.29 is 9.53 Å². The molecule has 5 heteroatoms. The van der Waals surface area contributed by atoms with Crippen LogP contribution >= 0.6 is 0 Å². The van der Waals surface area contributed by atoms with Gasteiger partial charge in [0.05, 0.1) is 6.10 Å². The third-order valence-corrected chi connectivity index (χ3v) is 4.78. The lowest BCUT2D eigenvalue weighted by atomic mass is 9.95. The van der Waals surface area contributed by atoms with Gasteiger partial charge in [0, 0.05) is 29.4 Å². The summed E-state index contributed by atoms with van der Waals surface area (Å²) in [4.78, 5) is 26.2. The molecular weight excluding hydrogens is 316 g/mol. The number of nitrogens with one attached hydrogen (secondary N) is 2. The highest BCUT2D eigenvalue weighted by molar-refractivity contribution is 5.79. The van der Waals surface area contributed by atoms with Gasteiger partial charge in [-0.2, -0.15) is 0 Å². The molecule has 0 saturated heterocycles. The Labute approximate surface area is 147 Å². The molecule has 1 aromatic heterocycles. The van der Waals surface area contributed by atoms with Crippen LogP contribution in [-0.4, -0.2) is 23.0 Å². The second-order valence-electron chi connectivity index (χ2n) is 6.94. The Kier molecular flexibility index (Phi) is 5.74. The molecule has 1 fully saturated rings. The Hall–Kier alpha value is -2.30. The molecule has 1 aromatic carbocycles. The molecule has 1 atom stereocenters. The third kappa shape index (κ3) is 5.08. The predicted octanol–water partition coefficient (Wildman–Crippen LogP) is 3.52. The molecule has 25 heavy (non-hydrogen) atoms. The highest BCUT2D eigenvalue weighted by Gasteiger charge is 2.16. The topological polar surface area (TPSA) is 71.2 Å². The molecule has 5 nitrogen and oxygen atoms in total. The van der Waals surface area contributed by atoms with Gasteiger partial charge < -0.3 is 15.0 Å². The van der Waals surface area contributed by atoms with Gasteiger partial charge in [-0.15, -0.1) is 0 Å². The Morgan fingerprint density at radius 2 is 2.04 bits per heavy atom. The van der Waals surface area contributed by atoms with Crippen molar-refractivity contribution in [3.63, 3.8) is 0 Å². The predicted molar refractivity (Wildman–Crippen MR) is 98.9 cm³/mol. The van der Waals surface area contributed by atoms with E-state index in [-0.39, 0.29) is 17.6 Å². The van der Waals surface area contributed by atoms with E-state index < -0.39 is 0 Å². The molecule has 2 N–H and O–H groups in total. The summed E-state index contributed by atoms with van der Waals surface area (Å²) in [5, 5.41) is 4.07. The fourth-order valence-corrected chi connectivity index (χ4v) is 3.38. The van der Waals surface area contributed by atoms with Crippen LogP contribution < -0.4 is 15.6 Å². The van der Waals surface area contributed by atoms with E-state index in [1.54, 1.807) is 6.07 Å². The van der Waals surface area contributed by atoms with Gasteiger partial charge in [-0.1, -0.05) is 19.3 Å². The molecule has 2 aromatic rings. The lowest BCUT2D eigenvalue weighted by molar-refractivity contribution is -0.122. The molecular formula is C20H26N2O3. The normalized spacial score (nSPS) is 16.5. The molecule has 1 aliphatic carbocycles. The zero-order chi connectivity index (χ0) is 17.6. The number of aromatic amines is 1. The van der Waals surface area contributed by atoms with Crippen LogP contribution in [0.3, 0.4) is 0 Å². The summed E-state index contributed by atoms with van der Waals surface area (Å²) in [6.45, 7) is 1.98. The lowest BCUT2D eigenvalue weighted by Gasteiger charge is -2.23. The van der Waals surface area contributed by atoms with Gasteiger partial charge in [0.1, 0.15) is 5.75 Å². The Morgan fingerprint density at radius 1 is 1.24 bits per heavy atom. The summed E-state index contributed by atoms with van der Waals surface area (Å²) in [7, 11) is 0. The average Bonchev–Trinajstić information content (AvgIpc) is 2.61. The zero-order valence-electron chi connectivity index (χ0n) is 14.7. The molecule has 1 aliphatic rings. The quantitative estimate of drug-likeness (QED) is 0.844. The van der Waals surface area contributed by atoms with E-state index in [0.29, 0.717) is 18.9 Å². The summed E-state index contributed by atoms with van der Waals surface area (Å²) in [5.41, 5.74) is 0.679. The number of fused-ring (bicyclic) bond motifs is 1. The highest BCUT2D eigenvalue weighted by Crippen LogP contribution is 2.21. The zero-order valence-corrected chi connectivity index (χ0v) is 14.7. The van der Waals surface area contributed by atoms with Crippen molar-refractivity contribution in [2.24, 2.45) is 0 Å². The first-order chi connectivity index (χ1) is 12.1. The molecule has 0 bridgehead atoms. The molecule has 1 amide bonds. The van der Waals surface area contributed by atoms with E-state index >= 15 is 0 Å². The van der Waals surface area contributed by atoms with Crippen molar-refractivity contribution in [2.45, 2.75) is 64.0 Å². The van der Waals surface area contributed by atoms with Gasteiger partial charge in [0.25, 0.3) is 0 Å². The first kappa shape index (κ1) is 17.5. The third-order valence-electron chi connectivity index (χ3n) is 4.78. The van der Waals surface area contributed by atoms with Gasteiger partial charge in [-0.3, -0.25) is 9.59 Å². The monoisotopic (exact) mass is 342 g/mol. The molecule has 1 unspecified atom stereocenters. The summed E-state index contributed by atoms with van der Waals surface area (Å²) >= 11 is 0. The minimum atomic E-state index is -0.112. The smallest absolute Gasteiger partial charge is 0.248 e. The summed E-state index contributed by atoms with van der Waals surface area (Å²) in [6.07, 6.45) is 7.07. The number of H-pyrrole nitrogens is 1. The average molecular weight is 342 g/mol. The van der Waals surface area contributed by atoms with Gasteiger partial charge in [0.2, 0.25) is 11.5 Å². The Bertz CT molecular complexity index is 778. The fraction of sp³-hybridized carbons (Fsp3) is 0.500. The Balaban J connectivity index is 1.48. The summed E-state index contributed by atoms with van der Waals surface area (Å²) in [5.74, 6) is 0.873. The maximum absolute atomic E-state index is 12.1. The number of aromatic nitrogens is 1. The van der Waals surface area contributed by atoms with Gasteiger partial charge in [-0.05, 0) is 50.5 Å². The molecule has 0 aliphatic heterocycles. The van der Waals surface area contributed by atoms with Crippen molar-refractivity contribution >= 4 is 16.8 Å². The van der Waals surface area contributed by atoms with E-state index in [2.05, 4.69) is 10.3 Å². The first-order valence-corrected chi connectivity index (χ1v) is 9.19. The first-order valence-electron chi connectivity index (χ1n) is 9.19. The van der Waals surface area contributed by atoms with Crippen molar-refractivity contribution in [3.8, 4) is 5.75 Å². The molecule has 1 saturated carbocycles. The summed E-state index contributed by atoms with van der Waals surface area (Å²) in [6, 6.07) is 9.24. The van der Waals surface area contributed by atoms with E-state index in [9.17, 15) is 9.59 Å². The maximum Gasteiger partial charge on any atom is 0.248 e. The minimum Gasteiger partial charge on any atom is -0.491 e. The lowest BCUT2D eigenvalue weighted by Crippen LogP contribution is -2.36. The van der Waals surface area contributed by atoms with Crippen molar-refractivity contribution in [1.29, 1.82) is 0 Å². The van der Waals surface area contributed by atoms with Crippen molar-refractivity contribution in [2.75, 3.05) is 0 Å². The van der Waals surface area contributed by atoms with Gasteiger partial charge in [0.15, 0.2) is 0 Å². The van der Waals surface area contributed by atoms with Crippen LogP contribution in [0, 0.1) is 0 Å². The number of carbonyl (C=O) groups excluding carboxylic acids is 1. The molecule has 0 radical (unpaired) electrons. The molecule has 3 rings (SSSR count). The van der Waals surface area contributed by atoms with E-state index in [1.807, 2.05) is 25.1 Å². The van der Waals surface area contributed by atoms with Crippen LogP contribution in [0.4, 0.5) is 0 Å². The minimum absolute atomic E-state index is 0.0442. The summed E-state index contributed by atoms with van der Waals surface area (Å²) < 4.78 is 5.92. The second-order valence-corrected chi connectivity index (χ2v) is 6.94. The van der Waals surface area contributed by atoms with Gasteiger partial charge >= 0.3 is 0 Å². The highest BCUT2D eigenvalue weighted by atomic mass is 16.5. The fourth-order valence-electron chi connectivity index (χ4n) is 3.38. The number of benzene rings is 1. The second kappa shape index (κ2) is 8.19. The number of hydrogen-bond donors (Lipinski definition) is 2. The van der Waals surface area contributed by atoms with Crippen LogP contribution in [0.1, 0.15) is 51.9 Å². The van der Waals surface area contributed by atoms with E-state index in [0.717, 1.165) is 29.5 Å². The SMILES string of the molecule is CC(CCC(=O)NC1CCCCC1)Oc1ccc2[nH]c(=O)ccc2c1. The number of pyridine rings is 1. The molecule has 0 spiro atoms. The number of carbonyl (C=O) groups is 1. The largest absolute Gasteiger partial charge is 0.491 e. The van der Waals surface area contributed by atoms with E-state index in [1.165, 1.54) is 25.3 Å². The van der Waals surface area contributed by atoms with Crippen LogP contribution in [0.2, 0.25) is 0 Å². The van der Waals surface area contributed by atoms with Crippen molar-refractivity contribution in [3.05, 3.63) is 40.7 Å². The number of hydrogen-bond acceptors (Lipinski definition) is 3. The van der Waals surface area contributed by atoms with E-state index in [4.69, 9.17) is 4.74 Å². The standard InChI is InChI=1S/C20H26N2O3/c1-14(7-11-19(23)21-16-5-3-2-4-6-16)25-17-9-10-18-15(13-17)8-12-20(24)22-18/h8-10,12-14,16H,2-7,11H2,1H3,(H,21,23)(H,22,24). The van der Waals surface area contributed by atoms with Crippen LogP contribution in [0.25, 0.3) is 10.9 Å². The number of rotatable bonds is 6. The molecule has 1 heterocycles. The van der Waals surface area contributed by atoms with Crippen LogP contribution in [0.15, 0.2) is 35.1 Å². The number of ether oxygens (including phenoxy) is 1. The van der Waals surface area contributed by atoms with Gasteiger partial charge in [-0.25, -0.2) is 0 Å². The van der Waals surface area contributed by atoms with Crippen LogP contribution in [0.5, 0.6) is 5.75 Å².